The first-order valence-corrected chi connectivity index (χ1v) is 6.57. The molecule has 0 spiro atoms. The standard InChI is InChI=1S/C15H13ClF2N2O/c1-8(9-2-4-10(19)5-3-9)20-15(21)11-6-14(18)12(16)7-13(11)17/h2-8H,19H2,1H3,(H,20,21). The molecule has 0 aliphatic rings. The van der Waals surface area contributed by atoms with Crippen molar-refractivity contribution in [1.82, 2.24) is 5.32 Å². The number of hydrogen-bond donors (Lipinski definition) is 2. The van der Waals surface area contributed by atoms with Crippen molar-refractivity contribution in [3.05, 3.63) is 64.2 Å². The molecule has 2 rings (SSSR count). The van der Waals surface area contributed by atoms with Crippen molar-refractivity contribution in [2.24, 2.45) is 0 Å². The highest BCUT2D eigenvalue weighted by Gasteiger charge is 2.17. The number of carbonyl (C=O) groups excluding carboxylic acids is 1. The van der Waals surface area contributed by atoms with E-state index in [4.69, 9.17) is 17.3 Å². The molecule has 3 N–H and O–H groups in total. The molecule has 0 aliphatic heterocycles. The van der Waals surface area contributed by atoms with Gasteiger partial charge in [0, 0.05) is 5.69 Å². The molecule has 0 aromatic heterocycles. The third-order valence-corrected chi connectivity index (χ3v) is 3.33. The number of nitrogens with two attached hydrogens (primary N) is 1. The predicted octanol–water partition coefficient (Wildman–Crippen LogP) is 3.69. The minimum absolute atomic E-state index is 0.365. The second-order valence-electron chi connectivity index (χ2n) is 4.61. The predicted molar refractivity (Wildman–Crippen MR) is 78.1 cm³/mol. The maximum Gasteiger partial charge on any atom is 0.254 e. The van der Waals surface area contributed by atoms with Crippen LogP contribution in [0, 0.1) is 11.6 Å². The summed E-state index contributed by atoms with van der Waals surface area (Å²) in [7, 11) is 0. The van der Waals surface area contributed by atoms with Crippen molar-refractivity contribution in [2.45, 2.75) is 13.0 Å². The molecule has 1 amide bonds. The average molecular weight is 311 g/mol. The van der Waals surface area contributed by atoms with Crippen molar-refractivity contribution in [3.63, 3.8) is 0 Å². The third kappa shape index (κ3) is 3.49. The second-order valence-corrected chi connectivity index (χ2v) is 5.02. The van der Waals surface area contributed by atoms with Crippen LogP contribution in [0.15, 0.2) is 36.4 Å². The Morgan fingerprint density at radius 3 is 2.43 bits per heavy atom. The topological polar surface area (TPSA) is 55.1 Å². The lowest BCUT2D eigenvalue weighted by atomic mass is 10.1. The lowest BCUT2D eigenvalue weighted by Crippen LogP contribution is -2.27. The van der Waals surface area contributed by atoms with Crippen molar-refractivity contribution in [2.75, 3.05) is 5.73 Å². The molecule has 0 saturated carbocycles. The van der Waals surface area contributed by atoms with Crippen molar-refractivity contribution in [1.29, 1.82) is 0 Å². The van der Waals surface area contributed by atoms with Crippen LogP contribution in [0.5, 0.6) is 0 Å². The summed E-state index contributed by atoms with van der Waals surface area (Å²) in [6.45, 7) is 1.73. The number of amides is 1. The SMILES string of the molecule is CC(NC(=O)c1cc(F)c(Cl)cc1F)c1ccc(N)cc1. The van der Waals surface area contributed by atoms with E-state index in [1.165, 1.54) is 0 Å². The fraction of sp³-hybridized carbons (Fsp3) is 0.133. The Morgan fingerprint density at radius 2 is 1.81 bits per heavy atom. The highest BCUT2D eigenvalue weighted by atomic mass is 35.5. The molecule has 110 valence electrons. The van der Waals surface area contributed by atoms with Crippen LogP contribution < -0.4 is 11.1 Å². The highest BCUT2D eigenvalue weighted by molar-refractivity contribution is 6.30. The number of nitrogen functional groups attached to an aromatic ring is 1. The van der Waals surface area contributed by atoms with Crippen LogP contribution in [0.25, 0.3) is 0 Å². The van der Waals surface area contributed by atoms with Gasteiger partial charge in [-0.05, 0) is 36.8 Å². The molecule has 2 aromatic rings. The van der Waals surface area contributed by atoms with Crippen LogP contribution in [0.3, 0.4) is 0 Å². The van der Waals surface area contributed by atoms with E-state index in [1.807, 2.05) is 0 Å². The Bertz CT molecular complexity index is 674. The number of hydrogen-bond acceptors (Lipinski definition) is 2. The summed E-state index contributed by atoms with van der Waals surface area (Å²) in [5.41, 5.74) is 6.59. The third-order valence-electron chi connectivity index (χ3n) is 3.04. The van der Waals surface area contributed by atoms with Crippen LogP contribution >= 0.6 is 11.6 Å². The Kier molecular flexibility index (Phi) is 4.43. The Morgan fingerprint density at radius 1 is 1.19 bits per heavy atom. The smallest absolute Gasteiger partial charge is 0.254 e. The Balaban J connectivity index is 2.18. The van der Waals surface area contributed by atoms with E-state index in [-0.39, 0.29) is 16.6 Å². The monoisotopic (exact) mass is 310 g/mol. The average Bonchev–Trinajstić information content (AvgIpc) is 2.43. The van der Waals surface area contributed by atoms with E-state index >= 15 is 0 Å². The van der Waals surface area contributed by atoms with Crippen molar-refractivity contribution >= 4 is 23.2 Å². The Hall–Kier alpha value is -2.14. The maximum atomic E-state index is 13.7. The Labute approximate surface area is 125 Å². The van der Waals surface area contributed by atoms with Gasteiger partial charge in [0.15, 0.2) is 0 Å². The summed E-state index contributed by atoms with van der Waals surface area (Å²) in [5, 5.41) is 2.22. The van der Waals surface area contributed by atoms with Crippen LogP contribution in [-0.2, 0) is 0 Å². The van der Waals surface area contributed by atoms with E-state index in [0.29, 0.717) is 5.69 Å². The molecule has 0 radical (unpaired) electrons. The summed E-state index contributed by atoms with van der Waals surface area (Å²) in [6, 6.07) is 8.07. The number of benzene rings is 2. The molecule has 21 heavy (non-hydrogen) atoms. The molecule has 2 aromatic carbocycles. The van der Waals surface area contributed by atoms with E-state index in [0.717, 1.165) is 17.7 Å². The van der Waals surface area contributed by atoms with Crippen molar-refractivity contribution < 1.29 is 13.6 Å². The minimum atomic E-state index is -0.872. The largest absolute Gasteiger partial charge is 0.399 e. The van der Waals surface area contributed by atoms with E-state index in [9.17, 15) is 13.6 Å². The zero-order valence-corrected chi connectivity index (χ0v) is 11.9. The first kappa shape index (κ1) is 15.3. The lowest BCUT2D eigenvalue weighted by Gasteiger charge is -2.15. The molecule has 0 fully saturated rings. The van der Waals surface area contributed by atoms with Gasteiger partial charge in [0.2, 0.25) is 0 Å². The summed E-state index contributed by atoms with van der Waals surface area (Å²) < 4.78 is 27.0. The molecule has 3 nitrogen and oxygen atoms in total. The van der Waals surface area contributed by atoms with E-state index in [2.05, 4.69) is 5.32 Å². The quantitative estimate of drug-likeness (QED) is 0.671. The van der Waals surface area contributed by atoms with E-state index < -0.39 is 17.5 Å². The molecular formula is C15H13ClF2N2O. The van der Waals surface area contributed by atoms with Gasteiger partial charge in [0.1, 0.15) is 11.6 Å². The first-order valence-electron chi connectivity index (χ1n) is 6.19. The molecular weight excluding hydrogens is 298 g/mol. The molecule has 1 unspecified atom stereocenters. The van der Waals surface area contributed by atoms with Gasteiger partial charge in [0.25, 0.3) is 5.91 Å². The first-order chi connectivity index (χ1) is 9.88. The number of carbonyl (C=O) groups is 1. The second kappa shape index (κ2) is 6.10. The number of nitrogens with one attached hydrogen (secondary N) is 1. The fourth-order valence-corrected chi connectivity index (χ4v) is 1.99. The van der Waals surface area contributed by atoms with Crippen LogP contribution in [0.2, 0.25) is 5.02 Å². The van der Waals surface area contributed by atoms with Gasteiger partial charge in [-0.3, -0.25) is 4.79 Å². The van der Waals surface area contributed by atoms with Gasteiger partial charge in [-0.1, -0.05) is 23.7 Å². The molecule has 0 bridgehead atoms. The van der Waals surface area contributed by atoms with Gasteiger partial charge < -0.3 is 11.1 Å². The molecule has 0 saturated heterocycles. The van der Waals surface area contributed by atoms with Crippen LogP contribution in [0.1, 0.15) is 28.9 Å². The van der Waals surface area contributed by atoms with Gasteiger partial charge in [-0.15, -0.1) is 0 Å². The normalized spacial score (nSPS) is 12.0. The van der Waals surface area contributed by atoms with E-state index in [1.54, 1.807) is 31.2 Å². The summed E-state index contributed by atoms with van der Waals surface area (Å²) >= 11 is 5.45. The molecule has 6 heteroatoms. The molecule has 1 atom stereocenters. The number of rotatable bonds is 3. The summed E-state index contributed by atoms with van der Waals surface area (Å²) in [4.78, 5) is 12.0. The van der Waals surface area contributed by atoms with Gasteiger partial charge >= 0.3 is 0 Å². The van der Waals surface area contributed by atoms with Crippen LogP contribution in [-0.4, -0.2) is 5.91 Å². The van der Waals surface area contributed by atoms with Crippen LogP contribution in [0.4, 0.5) is 14.5 Å². The minimum Gasteiger partial charge on any atom is -0.399 e. The zero-order valence-electron chi connectivity index (χ0n) is 11.2. The van der Waals surface area contributed by atoms with Gasteiger partial charge in [0.05, 0.1) is 16.6 Å². The fourth-order valence-electron chi connectivity index (χ4n) is 1.84. The zero-order chi connectivity index (χ0) is 15.6. The summed E-state index contributed by atoms with van der Waals surface area (Å²) in [5.74, 6) is -2.43. The molecule has 0 heterocycles. The lowest BCUT2D eigenvalue weighted by molar-refractivity contribution is 0.0935. The van der Waals surface area contributed by atoms with Crippen molar-refractivity contribution in [3.8, 4) is 0 Å². The summed E-state index contributed by atoms with van der Waals surface area (Å²) in [6.07, 6.45) is 0. The van der Waals surface area contributed by atoms with Gasteiger partial charge in [-0.2, -0.15) is 0 Å². The van der Waals surface area contributed by atoms with Gasteiger partial charge in [-0.25, -0.2) is 8.78 Å². The number of anilines is 1. The highest BCUT2D eigenvalue weighted by Crippen LogP contribution is 2.20. The maximum absolute atomic E-state index is 13.7. The molecule has 0 aliphatic carbocycles. The number of halogens is 3.